The largest absolute Gasteiger partial charge is 0.399 e. The van der Waals surface area contributed by atoms with Gasteiger partial charge < -0.3 is 11.1 Å². The number of carbonyl (C=O) groups is 1. The number of nitrogens with two attached hydrogens (primary N) is 1. The topological polar surface area (TPSA) is 55.1 Å². The van der Waals surface area contributed by atoms with Crippen molar-refractivity contribution < 1.29 is 4.79 Å². The number of benzene rings is 1. The lowest BCUT2D eigenvalue weighted by Gasteiger charge is -2.07. The number of nitrogen functional groups attached to an aromatic ring is 1. The Kier molecular flexibility index (Phi) is 3.86. The van der Waals surface area contributed by atoms with Crippen molar-refractivity contribution in [2.24, 2.45) is 0 Å². The monoisotopic (exact) mass is 374 g/mol. The molecule has 2 aromatic rings. The van der Waals surface area contributed by atoms with Crippen LogP contribution in [0.4, 0.5) is 11.4 Å². The highest BCUT2D eigenvalue weighted by Gasteiger charge is 2.10. The zero-order valence-electron chi connectivity index (χ0n) is 8.54. The predicted molar refractivity (Wildman–Crippen MR) is 78.5 cm³/mol. The molecule has 88 valence electrons. The van der Waals surface area contributed by atoms with Crippen LogP contribution in [0.1, 0.15) is 10.4 Å². The second-order valence-electron chi connectivity index (χ2n) is 3.33. The first kappa shape index (κ1) is 12.6. The Morgan fingerprint density at radius 3 is 2.71 bits per heavy atom. The number of hydrogen-bond donors (Lipinski definition) is 2. The highest BCUT2D eigenvalue weighted by Crippen LogP contribution is 2.26. The highest BCUT2D eigenvalue weighted by molar-refractivity contribution is 9.11. The van der Waals surface area contributed by atoms with Crippen LogP contribution in [-0.2, 0) is 0 Å². The maximum Gasteiger partial charge on any atom is 0.256 e. The van der Waals surface area contributed by atoms with Gasteiger partial charge in [-0.3, -0.25) is 4.79 Å². The zero-order chi connectivity index (χ0) is 12.4. The normalized spacial score (nSPS) is 10.2. The molecule has 17 heavy (non-hydrogen) atoms. The van der Waals surface area contributed by atoms with Gasteiger partial charge in [0.2, 0.25) is 0 Å². The second-order valence-corrected chi connectivity index (χ2v) is 6.48. The maximum atomic E-state index is 11.9. The summed E-state index contributed by atoms with van der Waals surface area (Å²) in [6.45, 7) is 0. The van der Waals surface area contributed by atoms with Crippen LogP contribution in [0.3, 0.4) is 0 Å². The Bertz CT molecular complexity index is 568. The Balaban J connectivity index is 2.21. The van der Waals surface area contributed by atoms with E-state index in [0.29, 0.717) is 16.9 Å². The van der Waals surface area contributed by atoms with Gasteiger partial charge in [-0.15, -0.1) is 11.3 Å². The first-order valence-corrected chi connectivity index (χ1v) is 7.13. The van der Waals surface area contributed by atoms with Gasteiger partial charge in [0.25, 0.3) is 5.91 Å². The number of anilines is 2. The summed E-state index contributed by atoms with van der Waals surface area (Å²) in [5.74, 6) is -0.154. The molecule has 0 aliphatic carbocycles. The molecule has 0 aliphatic heterocycles. The van der Waals surface area contributed by atoms with Gasteiger partial charge in [0.05, 0.1) is 15.0 Å². The van der Waals surface area contributed by atoms with Crippen molar-refractivity contribution >= 4 is 60.5 Å². The van der Waals surface area contributed by atoms with Crippen molar-refractivity contribution in [3.05, 3.63) is 43.5 Å². The lowest BCUT2D eigenvalue weighted by atomic mass is 10.2. The zero-order valence-corrected chi connectivity index (χ0v) is 12.5. The lowest BCUT2D eigenvalue weighted by molar-refractivity contribution is 0.102. The van der Waals surface area contributed by atoms with Gasteiger partial charge in [-0.05, 0) is 56.1 Å². The summed E-state index contributed by atoms with van der Waals surface area (Å²) in [4.78, 5) is 11.9. The molecule has 3 nitrogen and oxygen atoms in total. The highest BCUT2D eigenvalue weighted by atomic mass is 79.9. The van der Waals surface area contributed by atoms with Gasteiger partial charge >= 0.3 is 0 Å². The third kappa shape index (κ3) is 3.08. The van der Waals surface area contributed by atoms with E-state index in [1.54, 1.807) is 29.6 Å². The molecule has 0 atom stereocenters. The third-order valence-corrected chi connectivity index (χ3v) is 4.26. The van der Waals surface area contributed by atoms with Crippen LogP contribution in [-0.4, -0.2) is 5.91 Å². The molecule has 0 bridgehead atoms. The molecular weight excluding hydrogens is 368 g/mol. The van der Waals surface area contributed by atoms with Crippen LogP contribution in [0, 0.1) is 0 Å². The van der Waals surface area contributed by atoms with Crippen molar-refractivity contribution in [2.75, 3.05) is 11.1 Å². The molecular formula is C11H8Br2N2OS. The minimum absolute atomic E-state index is 0.154. The standard InChI is InChI=1S/C11H8Br2N2OS/c12-8-2-1-7(14)4-9(8)15-11(16)6-3-10(13)17-5-6/h1-5H,14H2,(H,15,16). The molecule has 0 radical (unpaired) electrons. The van der Waals surface area contributed by atoms with Crippen LogP contribution in [0.25, 0.3) is 0 Å². The van der Waals surface area contributed by atoms with Gasteiger partial charge in [0, 0.05) is 15.5 Å². The molecule has 1 aromatic carbocycles. The van der Waals surface area contributed by atoms with E-state index in [9.17, 15) is 4.79 Å². The molecule has 0 unspecified atom stereocenters. The number of hydrogen-bond acceptors (Lipinski definition) is 3. The molecule has 0 aliphatic rings. The molecule has 0 spiro atoms. The molecule has 1 aromatic heterocycles. The van der Waals surface area contributed by atoms with Crippen molar-refractivity contribution in [1.29, 1.82) is 0 Å². The summed E-state index contributed by atoms with van der Waals surface area (Å²) in [7, 11) is 0. The van der Waals surface area contributed by atoms with E-state index < -0.39 is 0 Å². The number of carbonyl (C=O) groups excluding carboxylic acids is 1. The predicted octanol–water partition coefficient (Wildman–Crippen LogP) is 4.11. The number of thiophene rings is 1. The average molecular weight is 376 g/mol. The SMILES string of the molecule is Nc1ccc(Br)c(NC(=O)c2csc(Br)c2)c1. The van der Waals surface area contributed by atoms with Crippen LogP contribution in [0.5, 0.6) is 0 Å². The smallest absolute Gasteiger partial charge is 0.256 e. The van der Waals surface area contributed by atoms with Crippen LogP contribution < -0.4 is 11.1 Å². The summed E-state index contributed by atoms with van der Waals surface area (Å²) in [6, 6.07) is 7.05. The van der Waals surface area contributed by atoms with E-state index in [1.165, 1.54) is 11.3 Å². The minimum atomic E-state index is -0.154. The van der Waals surface area contributed by atoms with E-state index in [2.05, 4.69) is 37.2 Å². The average Bonchev–Trinajstić information content (AvgIpc) is 2.70. The quantitative estimate of drug-likeness (QED) is 0.776. The second kappa shape index (κ2) is 5.20. The molecule has 6 heteroatoms. The molecule has 0 fully saturated rings. The lowest BCUT2D eigenvalue weighted by Crippen LogP contribution is -2.11. The van der Waals surface area contributed by atoms with Crippen LogP contribution in [0.2, 0.25) is 0 Å². The number of rotatable bonds is 2. The van der Waals surface area contributed by atoms with Crippen molar-refractivity contribution in [1.82, 2.24) is 0 Å². The van der Waals surface area contributed by atoms with E-state index in [1.807, 2.05) is 0 Å². The number of halogens is 2. The van der Waals surface area contributed by atoms with E-state index >= 15 is 0 Å². The fourth-order valence-electron chi connectivity index (χ4n) is 1.26. The van der Waals surface area contributed by atoms with Gasteiger partial charge in [0.15, 0.2) is 0 Å². The van der Waals surface area contributed by atoms with Crippen molar-refractivity contribution in [2.45, 2.75) is 0 Å². The summed E-state index contributed by atoms with van der Waals surface area (Å²) in [5, 5.41) is 4.59. The summed E-state index contributed by atoms with van der Waals surface area (Å²) >= 11 is 8.15. The fraction of sp³-hybridized carbons (Fsp3) is 0. The summed E-state index contributed by atoms with van der Waals surface area (Å²) < 4.78 is 1.73. The van der Waals surface area contributed by atoms with Crippen molar-refractivity contribution in [3.63, 3.8) is 0 Å². The maximum absolute atomic E-state index is 11.9. The Hall–Kier alpha value is -0.850. The fourth-order valence-corrected chi connectivity index (χ4v) is 2.74. The van der Waals surface area contributed by atoms with Crippen LogP contribution >= 0.6 is 43.2 Å². The van der Waals surface area contributed by atoms with Gasteiger partial charge in [0.1, 0.15) is 0 Å². The van der Waals surface area contributed by atoms with E-state index in [4.69, 9.17) is 5.73 Å². The van der Waals surface area contributed by atoms with Crippen molar-refractivity contribution in [3.8, 4) is 0 Å². The Morgan fingerprint density at radius 2 is 2.06 bits per heavy atom. The Labute approximate surface area is 119 Å². The first-order chi connectivity index (χ1) is 8.06. The molecule has 1 heterocycles. The Morgan fingerprint density at radius 1 is 1.29 bits per heavy atom. The van der Waals surface area contributed by atoms with Crippen LogP contribution in [0.15, 0.2) is 37.9 Å². The first-order valence-electron chi connectivity index (χ1n) is 4.66. The minimum Gasteiger partial charge on any atom is -0.399 e. The molecule has 0 saturated carbocycles. The van der Waals surface area contributed by atoms with Gasteiger partial charge in [-0.2, -0.15) is 0 Å². The number of nitrogens with one attached hydrogen (secondary N) is 1. The molecule has 2 rings (SSSR count). The third-order valence-electron chi connectivity index (χ3n) is 2.07. The van der Waals surface area contributed by atoms with Gasteiger partial charge in [-0.1, -0.05) is 0 Å². The molecule has 0 saturated heterocycles. The van der Waals surface area contributed by atoms with Gasteiger partial charge in [-0.25, -0.2) is 0 Å². The number of amides is 1. The van der Waals surface area contributed by atoms with E-state index in [0.717, 1.165) is 8.26 Å². The summed E-state index contributed by atoms with van der Waals surface area (Å²) in [5.41, 5.74) is 7.56. The molecule has 1 amide bonds. The summed E-state index contributed by atoms with van der Waals surface area (Å²) in [6.07, 6.45) is 0. The molecule has 3 N–H and O–H groups in total. The van der Waals surface area contributed by atoms with E-state index in [-0.39, 0.29) is 5.91 Å².